The second-order valence-corrected chi connectivity index (χ2v) is 7.40. The van der Waals surface area contributed by atoms with Gasteiger partial charge in [-0.3, -0.25) is 0 Å². The van der Waals surface area contributed by atoms with Crippen LogP contribution in [0.4, 0.5) is 5.95 Å². The number of aromatic nitrogens is 2. The van der Waals surface area contributed by atoms with Crippen molar-refractivity contribution in [3.8, 4) is 11.5 Å². The Morgan fingerprint density at radius 2 is 1.94 bits per heavy atom. The van der Waals surface area contributed by atoms with E-state index >= 15 is 0 Å². The van der Waals surface area contributed by atoms with Crippen LogP contribution in [0.5, 0.6) is 11.5 Å². The van der Waals surface area contributed by atoms with Gasteiger partial charge in [0.1, 0.15) is 6.61 Å². The molecule has 1 aromatic heterocycles. The van der Waals surface area contributed by atoms with Gasteiger partial charge < -0.3 is 14.5 Å². The van der Waals surface area contributed by atoms with E-state index in [1.54, 1.807) is 6.21 Å². The number of fused-ring (bicyclic) bond motifs is 1. The molecule has 0 atom stereocenters. The maximum atomic E-state index is 6.21. The van der Waals surface area contributed by atoms with Crippen LogP contribution in [-0.2, 0) is 6.61 Å². The van der Waals surface area contributed by atoms with Crippen LogP contribution in [-0.4, -0.2) is 22.8 Å². The summed E-state index contributed by atoms with van der Waals surface area (Å²) in [4.78, 5) is 7.68. The van der Waals surface area contributed by atoms with E-state index in [1.165, 1.54) is 5.56 Å². The van der Waals surface area contributed by atoms with Gasteiger partial charge in [0, 0.05) is 10.6 Å². The Balaban J connectivity index is 1.45. The van der Waals surface area contributed by atoms with Gasteiger partial charge in [0.05, 0.1) is 23.9 Å². The zero-order valence-electron chi connectivity index (χ0n) is 17.4. The molecule has 158 valence electrons. The molecule has 2 N–H and O–H groups in total. The van der Waals surface area contributed by atoms with E-state index in [2.05, 4.69) is 20.5 Å². The minimum Gasteiger partial charge on any atom is -0.490 e. The van der Waals surface area contributed by atoms with Gasteiger partial charge in [-0.15, -0.1) is 0 Å². The number of hydrogen-bond donors (Lipinski definition) is 2. The molecular formula is C24H23ClN4O2. The van der Waals surface area contributed by atoms with Crippen molar-refractivity contribution in [1.29, 1.82) is 0 Å². The molecule has 7 heteroatoms. The molecule has 0 aliphatic heterocycles. The van der Waals surface area contributed by atoms with Crippen LogP contribution in [0.1, 0.15) is 23.6 Å². The molecule has 1 heterocycles. The zero-order chi connectivity index (χ0) is 21.6. The Bertz CT molecular complexity index is 1220. The Labute approximate surface area is 185 Å². The molecule has 0 saturated carbocycles. The van der Waals surface area contributed by atoms with Crippen molar-refractivity contribution < 1.29 is 9.47 Å². The van der Waals surface area contributed by atoms with E-state index in [0.717, 1.165) is 22.2 Å². The summed E-state index contributed by atoms with van der Waals surface area (Å²) in [5.74, 6) is 1.89. The maximum Gasteiger partial charge on any atom is 0.222 e. The summed E-state index contributed by atoms with van der Waals surface area (Å²) in [6.45, 7) is 4.87. The molecule has 4 rings (SSSR count). The first-order valence-corrected chi connectivity index (χ1v) is 10.4. The quantitative estimate of drug-likeness (QED) is 0.265. The third-order valence-electron chi connectivity index (χ3n) is 4.63. The van der Waals surface area contributed by atoms with Crippen molar-refractivity contribution in [2.24, 2.45) is 5.10 Å². The van der Waals surface area contributed by atoms with Gasteiger partial charge >= 0.3 is 0 Å². The predicted octanol–water partition coefficient (Wildman–Crippen LogP) is 5.95. The van der Waals surface area contributed by atoms with Crippen LogP contribution < -0.4 is 14.9 Å². The van der Waals surface area contributed by atoms with Crippen molar-refractivity contribution in [1.82, 2.24) is 9.97 Å². The van der Waals surface area contributed by atoms with Crippen LogP contribution >= 0.6 is 11.6 Å². The molecule has 0 aliphatic carbocycles. The Hall–Kier alpha value is -3.51. The van der Waals surface area contributed by atoms with Crippen molar-refractivity contribution in [3.63, 3.8) is 0 Å². The number of hydrazone groups is 1. The number of anilines is 1. The third kappa shape index (κ3) is 5.16. The molecule has 0 saturated heterocycles. The lowest BCUT2D eigenvalue weighted by atomic mass is 10.2. The van der Waals surface area contributed by atoms with Crippen molar-refractivity contribution in [2.75, 3.05) is 12.0 Å². The van der Waals surface area contributed by atoms with Gasteiger partial charge in [-0.1, -0.05) is 35.9 Å². The monoisotopic (exact) mass is 434 g/mol. The van der Waals surface area contributed by atoms with Gasteiger partial charge in [0.2, 0.25) is 5.95 Å². The van der Waals surface area contributed by atoms with Gasteiger partial charge in [0.15, 0.2) is 11.5 Å². The number of rotatable bonds is 8. The fourth-order valence-electron chi connectivity index (χ4n) is 3.11. The highest BCUT2D eigenvalue weighted by atomic mass is 35.5. The smallest absolute Gasteiger partial charge is 0.222 e. The van der Waals surface area contributed by atoms with E-state index in [4.69, 9.17) is 21.1 Å². The summed E-state index contributed by atoms with van der Waals surface area (Å²) in [5, 5.41) is 4.96. The van der Waals surface area contributed by atoms with E-state index in [9.17, 15) is 0 Å². The Morgan fingerprint density at radius 3 is 2.77 bits per heavy atom. The molecule has 4 aromatic rings. The fourth-order valence-corrected chi connectivity index (χ4v) is 3.30. The first-order chi connectivity index (χ1) is 15.1. The number of halogens is 1. The summed E-state index contributed by atoms with van der Waals surface area (Å²) in [6, 6.07) is 19.3. The van der Waals surface area contributed by atoms with Gasteiger partial charge in [-0.2, -0.15) is 5.10 Å². The van der Waals surface area contributed by atoms with Gasteiger partial charge in [-0.25, -0.2) is 10.4 Å². The molecule has 6 nitrogen and oxygen atoms in total. The second kappa shape index (κ2) is 9.53. The molecule has 0 radical (unpaired) electrons. The molecule has 0 amide bonds. The van der Waals surface area contributed by atoms with Crippen molar-refractivity contribution in [2.45, 2.75) is 20.5 Å². The number of H-pyrrole nitrogens is 1. The second-order valence-electron chi connectivity index (χ2n) is 7.00. The first kappa shape index (κ1) is 20.8. The number of nitrogens with zero attached hydrogens (tertiary/aromatic N) is 2. The largest absolute Gasteiger partial charge is 0.490 e. The number of aryl methyl sites for hydroxylation is 1. The van der Waals surface area contributed by atoms with E-state index in [1.807, 2.05) is 74.5 Å². The summed E-state index contributed by atoms with van der Waals surface area (Å²) in [5.41, 5.74) is 7.76. The SMILES string of the molecule is CCOc1cc(/C=N\Nc2nc3ccc(C)cc3[nH]2)ccc1OCc1ccccc1Cl. The fraction of sp³-hybridized carbons (Fsp3) is 0.167. The predicted molar refractivity (Wildman–Crippen MR) is 125 cm³/mol. The summed E-state index contributed by atoms with van der Waals surface area (Å²) < 4.78 is 11.7. The molecule has 0 spiro atoms. The van der Waals surface area contributed by atoms with Crippen LogP contribution in [0, 0.1) is 6.92 Å². The van der Waals surface area contributed by atoms with Crippen LogP contribution in [0.2, 0.25) is 5.02 Å². The summed E-state index contributed by atoms with van der Waals surface area (Å²) in [7, 11) is 0. The number of aromatic amines is 1. The third-order valence-corrected chi connectivity index (χ3v) is 5.00. The van der Waals surface area contributed by atoms with Crippen LogP contribution in [0.15, 0.2) is 65.8 Å². The topological polar surface area (TPSA) is 71.5 Å². The lowest BCUT2D eigenvalue weighted by molar-refractivity contribution is 0.269. The summed E-state index contributed by atoms with van der Waals surface area (Å²) in [6.07, 6.45) is 1.71. The maximum absolute atomic E-state index is 6.21. The van der Waals surface area contributed by atoms with Crippen molar-refractivity contribution in [3.05, 3.63) is 82.4 Å². The average molecular weight is 435 g/mol. The highest BCUT2D eigenvalue weighted by Crippen LogP contribution is 2.29. The molecule has 0 aliphatic rings. The average Bonchev–Trinajstić information content (AvgIpc) is 3.16. The van der Waals surface area contributed by atoms with E-state index < -0.39 is 0 Å². The molecule has 0 bridgehead atoms. The van der Waals surface area contributed by atoms with E-state index in [-0.39, 0.29) is 0 Å². The minimum absolute atomic E-state index is 0.361. The Morgan fingerprint density at radius 1 is 1.06 bits per heavy atom. The van der Waals surface area contributed by atoms with Gasteiger partial charge in [0.25, 0.3) is 0 Å². The molecule has 31 heavy (non-hydrogen) atoms. The molecular weight excluding hydrogens is 412 g/mol. The number of benzene rings is 3. The first-order valence-electron chi connectivity index (χ1n) is 10.0. The molecule has 0 fully saturated rings. The molecule has 0 unspecified atom stereocenters. The molecule has 3 aromatic carbocycles. The lowest BCUT2D eigenvalue weighted by Gasteiger charge is -2.13. The number of hydrogen-bond acceptors (Lipinski definition) is 5. The number of imidazole rings is 1. The van der Waals surface area contributed by atoms with Crippen molar-refractivity contribution >= 4 is 34.8 Å². The minimum atomic E-state index is 0.361. The van der Waals surface area contributed by atoms with E-state index in [0.29, 0.717) is 35.7 Å². The van der Waals surface area contributed by atoms with Crippen LogP contribution in [0.25, 0.3) is 11.0 Å². The van der Waals surface area contributed by atoms with Gasteiger partial charge in [-0.05, 0) is 61.4 Å². The number of nitrogens with one attached hydrogen (secondary N) is 2. The highest BCUT2D eigenvalue weighted by molar-refractivity contribution is 6.31. The number of ether oxygens (including phenoxy) is 2. The lowest BCUT2D eigenvalue weighted by Crippen LogP contribution is -2.01. The zero-order valence-corrected chi connectivity index (χ0v) is 18.1. The standard InChI is InChI=1S/C24H23ClN4O2/c1-3-30-23-13-17(9-11-22(23)31-15-18-6-4-5-7-19(18)25)14-26-29-24-27-20-10-8-16(2)12-21(20)28-24/h4-14H,3,15H2,1-2H3,(H2,27,28,29)/b26-14-. The Kier molecular flexibility index (Phi) is 6.38. The highest BCUT2D eigenvalue weighted by Gasteiger charge is 2.08. The normalized spacial score (nSPS) is 11.2. The van der Waals surface area contributed by atoms with Crippen LogP contribution in [0.3, 0.4) is 0 Å². The summed E-state index contributed by atoms with van der Waals surface area (Å²) >= 11 is 6.21.